The molecule has 0 bridgehead atoms. The number of aryl methyl sites for hydroxylation is 1. The van der Waals surface area contributed by atoms with Gasteiger partial charge in [-0.2, -0.15) is 0 Å². The molecular weight excluding hydrogens is 208 g/mol. The van der Waals surface area contributed by atoms with Gasteiger partial charge in [0.05, 0.1) is 12.3 Å². The van der Waals surface area contributed by atoms with Gasteiger partial charge in [-0.1, -0.05) is 0 Å². The Morgan fingerprint density at radius 3 is 2.75 bits per heavy atom. The highest BCUT2D eigenvalue weighted by molar-refractivity contribution is 5.94. The molecule has 0 radical (unpaired) electrons. The van der Waals surface area contributed by atoms with Gasteiger partial charge in [0.25, 0.3) is 0 Å². The summed E-state index contributed by atoms with van der Waals surface area (Å²) >= 11 is 0. The lowest BCUT2D eigenvalue weighted by molar-refractivity contribution is 0.0697. The Morgan fingerprint density at radius 1 is 1.56 bits per heavy atom. The van der Waals surface area contributed by atoms with E-state index < -0.39 is 5.97 Å². The highest BCUT2D eigenvalue weighted by Crippen LogP contribution is 2.20. The minimum absolute atomic E-state index is 0.00568. The number of pyridine rings is 1. The second-order valence-corrected chi connectivity index (χ2v) is 3.45. The minimum Gasteiger partial charge on any atom is -0.478 e. The van der Waals surface area contributed by atoms with Gasteiger partial charge in [0, 0.05) is 25.0 Å². The summed E-state index contributed by atoms with van der Waals surface area (Å²) in [5.74, 6) is -1.00. The van der Waals surface area contributed by atoms with E-state index in [1.807, 2.05) is 18.7 Å². The van der Waals surface area contributed by atoms with Crippen LogP contribution in [0.1, 0.15) is 23.0 Å². The largest absolute Gasteiger partial charge is 0.478 e. The predicted molar refractivity (Wildman–Crippen MR) is 60.9 cm³/mol. The van der Waals surface area contributed by atoms with Crippen molar-refractivity contribution < 1.29 is 15.0 Å². The Bertz CT molecular complexity index is 379. The molecule has 5 heteroatoms. The topological polar surface area (TPSA) is 73.7 Å². The summed E-state index contributed by atoms with van der Waals surface area (Å²) in [5, 5.41) is 18.0. The number of hydrogen-bond donors (Lipinski definition) is 2. The molecular formula is C11H16N2O3. The number of hydrogen-bond acceptors (Lipinski definition) is 4. The van der Waals surface area contributed by atoms with E-state index in [-0.39, 0.29) is 12.2 Å². The van der Waals surface area contributed by atoms with Gasteiger partial charge < -0.3 is 15.1 Å². The summed E-state index contributed by atoms with van der Waals surface area (Å²) in [5.41, 5.74) is 1.54. The van der Waals surface area contributed by atoms with Gasteiger partial charge >= 0.3 is 5.97 Å². The smallest absolute Gasteiger partial charge is 0.339 e. The number of carboxylic acids is 1. The first-order chi connectivity index (χ1) is 7.60. The Labute approximate surface area is 94.4 Å². The molecule has 1 heterocycles. The van der Waals surface area contributed by atoms with Crippen LogP contribution >= 0.6 is 0 Å². The maximum absolute atomic E-state index is 11.0. The third kappa shape index (κ3) is 2.70. The summed E-state index contributed by atoms with van der Waals surface area (Å²) in [4.78, 5) is 16.8. The number of carboxylic acid groups (broad SMARTS) is 1. The number of carbonyl (C=O) groups is 1. The van der Waals surface area contributed by atoms with Crippen LogP contribution < -0.4 is 4.90 Å². The van der Waals surface area contributed by atoms with Gasteiger partial charge in [-0.3, -0.25) is 4.98 Å². The molecule has 0 aromatic carbocycles. The van der Waals surface area contributed by atoms with Crippen molar-refractivity contribution in [2.75, 3.05) is 24.6 Å². The number of rotatable bonds is 5. The van der Waals surface area contributed by atoms with Crippen molar-refractivity contribution in [2.45, 2.75) is 13.8 Å². The molecule has 1 aromatic heterocycles. The van der Waals surface area contributed by atoms with E-state index in [1.54, 1.807) is 6.07 Å². The molecule has 0 fully saturated rings. The maximum atomic E-state index is 11.0. The lowest BCUT2D eigenvalue weighted by atomic mass is 10.2. The summed E-state index contributed by atoms with van der Waals surface area (Å²) in [6.07, 6.45) is 1.35. The Hall–Kier alpha value is -1.62. The zero-order valence-electron chi connectivity index (χ0n) is 9.47. The number of nitrogens with zero attached hydrogens (tertiary/aromatic N) is 2. The van der Waals surface area contributed by atoms with Crippen molar-refractivity contribution >= 4 is 11.7 Å². The van der Waals surface area contributed by atoms with Crippen LogP contribution in [0, 0.1) is 6.92 Å². The van der Waals surface area contributed by atoms with Gasteiger partial charge in [0.15, 0.2) is 0 Å². The van der Waals surface area contributed by atoms with Crippen molar-refractivity contribution in [1.29, 1.82) is 0 Å². The van der Waals surface area contributed by atoms with E-state index in [9.17, 15) is 4.79 Å². The molecule has 1 rings (SSSR count). The first-order valence-electron chi connectivity index (χ1n) is 5.15. The highest BCUT2D eigenvalue weighted by Gasteiger charge is 2.15. The lowest BCUT2D eigenvalue weighted by Crippen LogP contribution is -2.28. The average Bonchev–Trinajstić information content (AvgIpc) is 2.25. The van der Waals surface area contributed by atoms with Gasteiger partial charge in [-0.15, -0.1) is 0 Å². The van der Waals surface area contributed by atoms with Crippen LogP contribution in [0.4, 0.5) is 5.69 Å². The van der Waals surface area contributed by atoms with E-state index >= 15 is 0 Å². The first kappa shape index (κ1) is 12.4. The number of aromatic carboxylic acids is 1. The molecule has 0 amide bonds. The molecule has 0 aliphatic heterocycles. The standard InChI is InChI=1S/C11H16N2O3/c1-3-13(4-5-14)10-6-8(2)12-7-9(10)11(15)16/h6-7,14H,3-5H2,1-2H3,(H,15,16). The van der Waals surface area contributed by atoms with E-state index in [4.69, 9.17) is 10.2 Å². The monoisotopic (exact) mass is 224 g/mol. The van der Waals surface area contributed by atoms with Crippen LogP contribution in [0.15, 0.2) is 12.3 Å². The number of anilines is 1. The molecule has 0 aliphatic rings. The molecule has 2 N–H and O–H groups in total. The fourth-order valence-corrected chi connectivity index (χ4v) is 1.54. The third-order valence-corrected chi connectivity index (χ3v) is 2.34. The quantitative estimate of drug-likeness (QED) is 0.777. The summed E-state index contributed by atoms with van der Waals surface area (Å²) in [7, 11) is 0. The molecule has 0 aliphatic carbocycles. The second-order valence-electron chi connectivity index (χ2n) is 3.45. The van der Waals surface area contributed by atoms with E-state index in [0.717, 1.165) is 5.69 Å². The minimum atomic E-state index is -1.00. The number of aromatic nitrogens is 1. The lowest BCUT2D eigenvalue weighted by Gasteiger charge is -2.23. The SMILES string of the molecule is CCN(CCO)c1cc(C)ncc1C(=O)O. The highest BCUT2D eigenvalue weighted by atomic mass is 16.4. The molecule has 0 atom stereocenters. The predicted octanol–water partition coefficient (Wildman–Crippen LogP) is 0.907. The van der Waals surface area contributed by atoms with Gasteiger partial charge in [-0.05, 0) is 19.9 Å². The van der Waals surface area contributed by atoms with Crippen LogP contribution in [0.2, 0.25) is 0 Å². The molecule has 88 valence electrons. The fourth-order valence-electron chi connectivity index (χ4n) is 1.54. The zero-order valence-corrected chi connectivity index (χ0v) is 9.47. The van der Waals surface area contributed by atoms with Crippen molar-refractivity contribution in [1.82, 2.24) is 4.98 Å². The van der Waals surface area contributed by atoms with Crippen molar-refractivity contribution in [2.24, 2.45) is 0 Å². The summed E-state index contributed by atoms with van der Waals surface area (Å²) < 4.78 is 0. The molecule has 0 saturated carbocycles. The molecule has 0 saturated heterocycles. The average molecular weight is 224 g/mol. The number of likely N-dealkylation sites (N-methyl/N-ethyl adjacent to an activating group) is 1. The molecule has 16 heavy (non-hydrogen) atoms. The zero-order chi connectivity index (χ0) is 12.1. The fraction of sp³-hybridized carbons (Fsp3) is 0.455. The van der Waals surface area contributed by atoms with Crippen LogP contribution in [-0.4, -0.2) is 40.9 Å². The molecule has 0 spiro atoms. The maximum Gasteiger partial charge on any atom is 0.339 e. The second kappa shape index (κ2) is 5.46. The normalized spacial score (nSPS) is 10.2. The molecule has 1 aromatic rings. The Kier molecular flexibility index (Phi) is 4.25. The number of aliphatic hydroxyl groups is 1. The Balaban J connectivity index is 3.16. The van der Waals surface area contributed by atoms with E-state index in [2.05, 4.69) is 4.98 Å². The van der Waals surface area contributed by atoms with Crippen LogP contribution in [0.5, 0.6) is 0 Å². The van der Waals surface area contributed by atoms with Gasteiger partial charge in [-0.25, -0.2) is 4.79 Å². The van der Waals surface area contributed by atoms with Crippen LogP contribution in [0.3, 0.4) is 0 Å². The molecule has 0 unspecified atom stereocenters. The van der Waals surface area contributed by atoms with Gasteiger partial charge in [0.2, 0.25) is 0 Å². The summed E-state index contributed by atoms with van der Waals surface area (Å²) in [6, 6.07) is 1.72. The molecule has 5 nitrogen and oxygen atoms in total. The summed E-state index contributed by atoms with van der Waals surface area (Å²) in [6.45, 7) is 4.78. The number of aliphatic hydroxyl groups excluding tert-OH is 1. The van der Waals surface area contributed by atoms with E-state index in [0.29, 0.717) is 18.8 Å². The van der Waals surface area contributed by atoms with Crippen molar-refractivity contribution in [3.8, 4) is 0 Å². The van der Waals surface area contributed by atoms with Crippen molar-refractivity contribution in [3.63, 3.8) is 0 Å². The van der Waals surface area contributed by atoms with Crippen LogP contribution in [-0.2, 0) is 0 Å². The third-order valence-electron chi connectivity index (χ3n) is 2.34. The first-order valence-corrected chi connectivity index (χ1v) is 5.15. The van der Waals surface area contributed by atoms with Crippen molar-refractivity contribution in [3.05, 3.63) is 23.5 Å². The van der Waals surface area contributed by atoms with Gasteiger partial charge in [0.1, 0.15) is 5.56 Å². The van der Waals surface area contributed by atoms with E-state index in [1.165, 1.54) is 6.20 Å². The van der Waals surface area contributed by atoms with Crippen LogP contribution in [0.25, 0.3) is 0 Å². The Morgan fingerprint density at radius 2 is 2.25 bits per heavy atom.